The standard InChI is InChI=1S/C16H21ClN4O2S/c1-16(2,3)23-15(22)18-8-10-4-6-21(9-10)13-12-11(5-7-24-12)19-14(17)20-13/h5,7,10H,4,6,8-9H2,1-3H3,(H,18,22). The van der Waals surface area contributed by atoms with Gasteiger partial charge in [-0.1, -0.05) is 0 Å². The number of halogens is 1. The van der Waals surface area contributed by atoms with E-state index in [0.717, 1.165) is 35.5 Å². The largest absolute Gasteiger partial charge is 0.444 e. The Hall–Kier alpha value is -1.60. The Morgan fingerprint density at radius 1 is 1.50 bits per heavy atom. The van der Waals surface area contributed by atoms with Crippen LogP contribution >= 0.6 is 22.9 Å². The molecule has 0 spiro atoms. The van der Waals surface area contributed by atoms with E-state index in [9.17, 15) is 4.79 Å². The Kier molecular flexibility index (Phi) is 4.83. The van der Waals surface area contributed by atoms with Crippen LogP contribution in [0.3, 0.4) is 0 Å². The number of hydrogen-bond acceptors (Lipinski definition) is 6. The number of nitrogens with zero attached hydrogens (tertiary/aromatic N) is 3. The number of anilines is 1. The molecule has 1 saturated heterocycles. The van der Waals surface area contributed by atoms with Gasteiger partial charge in [0.15, 0.2) is 5.82 Å². The van der Waals surface area contributed by atoms with Gasteiger partial charge in [0.2, 0.25) is 5.28 Å². The molecule has 0 saturated carbocycles. The monoisotopic (exact) mass is 368 g/mol. The zero-order valence-electron chi connectivity index (χ0n) is 14.0. The lowest BCUT2D eigenvalue weighted by molar-refractivity contribution is 0.0520. The van der Waals surface area contributed by atoms with E-state index >= 15 is 0 Å². The summed E-state index contributed by atoms with van der Waals surface area (Å²) in [6, 6.07) is 1.95. The van der Waals surface area contributed by atoms with E-state index in [1.807, 2.05) is 32.2 Å². The number of fused-ring (bicyclic) bond motifs is 1. The van der Waals surface area contributed by atoms with Gasteiger partial charge in [-0.2, -0.15) is 4.98 Å². The van der Waals surface area contributed by atoms with Crippen LogP contribution in [0.4, 0.5) is 10.6 Å². The minimum Gasteiger partial charge on any atom is -0.444 e. The third-order valence-electron chi connectivity index (χ3n) is 3.78. The smallest absolute Gasteiger partial charge is 0.407 e. The summed E-state index contributed by atoms with van der Waals surface area (Å²) in [5.41, 5.74) is 0.402. The number of nitrogens with one attached hydrogen (secondary N) is 1. The van der Waals surface area contributed by atoms with E-state index < -0.39 is 5.60 Å². The topological polar surface area (TPSA) is 67.3 Å². The number of aromatic nitrogens is 2. The number of thiophene rings is 1. The molecule has 2 aromatic rings. The van der Waals surface area contributed by atoms with E-state index in [1.54, 1.807) is 11.3 Å². The van der Waals surface area contributed by atoms with E-state index in [4.69, 9.17) is 16.3 Å². The second kappa shape index (κ2) is 6.72. The zero-order chi connectivity index (χ0) is 17.3. The first-order valence-corrected chi connectivity index (χ1v) is 9.20. The average molecular weight is 369 g/mol. The van der Waals surface area contributed by atoms with Crippen LogP contribution in [0.2, 0.25) is 5.28 Å². The fourth-order valence-corrected chi connectivity index (χ4v) is 3.79. The summed E-state index contributed by atoms with van der Waals surface area (Å²) in [5, 5.41) is 5.12. The normalized spacial score (nSPS) is 18.2. The summed E-state index contributed by atoms with van der Waals surface area (Å²) in [6.45, 7) is 7.88. The van der Waals surface area contributed by atoms with Crippen molar-refractivity contribution in [2.75, 3.05) is 24.5 Å². The van der Waals surface area contributed by atoms with Crippen LogP contribution in [0.5, 0.6) is 0 Å². The van der Waals surface area contributed by atoms with Gasteiger partial charge in [-0.05, 0) is 56.2 Å². The van der Waals surface area contributed by atoms with Crippen LogP contribution in [-0.2, 0) is 4.74 Å². The molecule has 0 bridgehead atoms. The molecule has 24 heavy (non-hydrogen) atoms. The molecule has 6 nitrogen and oxygen atoms in total. The van der Waals surface area contributed by atoms with Gasteiger partial charge in [0.25, 0.3) is 0 Å². The lowest BCUT2D eigenvalue weighted by atomic mass is 10.1. The second-order valence-electron chi connectivity index (χ2n) is 6.93. The maximum Gasteiger partial charge on any atom is 0.407 e. The molecule has 0 aromatic carbocycles. The number of alkyl carbamates (subject to hydrolysis) is 1. The summed E-state index contributed by atoms with van der Waals surface area (Å²) in [4.78, 5) is 22.6. The van der Waals surface area contributed by atoms with Crippen LogP contribution < -0.4 is 10.2 Å². The third-order valence-corrected chi connectivity index (χ3v) is 4.85. The highest BCUT2D eigenvalue weighted by Crippen LogP contribution is 2.32. The molecule has 1 aliphatic rings. The first-order valence-electron chi connectivity index (χ1n) is 7.94. The average Bonchev–Trinajstić information content (AvgIpc) is 3.11. The molecule has 1 N–H and O–H groups in total. The van der Waals surface area contributed by atoms with E-state index in [-0.39, 0.29) is 11.4 Å². The van der Waals surface area contributed by atoms with E-state index in [1.165, 1.54) is 0 Å². The van der Waals surface area contributed by atoms with Gasteiger partial charge in [0.1, 0.15) is 5.60 Å². The fraction of sp³-hybridized carbons (Fsp3) is 0.562. The zero-order valence-corrected chi connectivity index (χ0v) is 15.6. The van der Waals surface area contributed by atoms with Crippen molar-refractivity contribution >= 4 is 45.1 Å². The first kappa shape index (κ1) is 17.2. The second-order valence-corrected chi connectivity index (χ2v) is 8.19. The molecule has 130 valence electrons. The van der Waals surface area contributed by atoms with Crippen LogP contribution in [0, 0.1) is 5.92 Å². The predicted molar refractivity (Wildman–Crippen MR) is 97.0 cm³/mol. The van der Waals surface area contributed by atoms with Crippen molar-refractivity contribution in [2.45, 2.75) is 32.8 Å². The number of rotatable bonds is 3. The first-order chi connectivity index (χ1) is 11.3. The molecule has 0 aliphatic carbocycles. The molecular weight excluding hydrogens is 348 g/mol. The van der Waals surface area contributed by atoms with Crippen molar-refractivity contribution in [1.29, 1.82) is 0 Å². The Balaban J connectivity index is 1.61. The highest BCUT2D eigenvalue weighted by Gasteiger charge is 2.27. The van der Waals surface area contributed by atoms with Gasteiger partial charge < -0.3 is 15.0 Å². The molecule has 1 amide bonds. The minimum atomic E-state index is -0.478. The summed E-state index contributed by atoms with van der Waals surface area (Å²) >= 11 is 7.66. The number of amides is 1. The van der Waals surface area contributed by atoms with Gasteiger partial charge in [0.05, 0.1) is 10.2 Å². The van der Waals surface area contributed by atoms with Crippen molar-refractivity contribution in [2.24, 2.45) is 5.92 Å². The van der Waals surface area contributed by atoms with Gasteiger partial charge in [0, 0.05) is 19.6 Å². The number of ether oxygens (including phenoxy) is 1. The van der Waals surface area contributed by atoms with E-state index in [0.29, 0.717) is 12.5 Å². The molecule has 0 radical (unpaired) electrons. The van der Waals surface area contributed by atoms with Gasteiger partial charge >= 0.3 is 6.09 Å². The maximum absolute atomic E-state index is 11.8. The van der Waals surface area contributed by atoms with Crippen molar-refractivity contribution in [3.05, 3.63) is 16.7 Å². The van der Waals surface area contributed by atoms with Crippen molar-refractivity contribution in [1.82, 2.24) is 15.3 Å². The molecule has 1 unspecified atom stereocenters. The molecule has 3 heterocycles. The number of carbonyl (C=O) groups excluding carboxylic acids is 1. The number of carbonyl (C=O) groups is 1. The Labute approximate surface area is 150 Å². The van der Waals surface area contributed by atoms with Gasteiger partial charge in [-0.25, -0.2) is 9.78 Å². The lowest BCUT2D eigenvalue weighted by Crippen LogP contribution is -2.36. The SMILES string of the molecule is CC(C)(C)OC(=O)NCC1CCN(c2nc(Cl)nc3ccsc23)C1. The van der Waals surface area contributed by atoms with Crippen LogP contribution in [-0.4, -0.2) is 41.3 Å². The van der Waals surface area contributed by atoms with E-state index in [2.05, 4.69) is 20.2 Å². The van der Waals surface area contributed by atoms with Crippen LogP contribution in [0.25, 0.3) is 10.2 Å². The summed E-state index contributed by atoms with van der Waals surface area (Å²) in [6.07, 6.45) is 0.622. The molecule has 3 rings (SSSR count). The highest BCUT2D eigenvalue weighted by molar-refractivity contribution is 7.17. The summed E-state index contributed by atoms with van der Waals surface area (Å²) in [5.74, 6) is 1.25. The lowest BCUT2D eigenvalue weighted by Gasteiger charge is -2.21. The third kappa shape index (κ3) is 4.08. The molecular formula is C16H21ClN4O2S. The maximum atomic E-state index is 11.8. The molecule has 1 atom stereocenters. The fourth-order valence-electron chi connectivity index (χ4n) is 2.77. The van der Waals surface area contributed by atoms with Crippen molar-refractivity contribution < 1.29 is 9.53 Å². The quantitative estimate of drug-likeness (QED) is 0.837. The summed E-state index contributed by atoms with van der Waals surface area (Å²) < 4.78 is 6.33. The van der Waals surface area contributed by atoms with Crippen LogP contribution in [0.15, 0.2) is 11.4 Å². The van der Waals surface area contributed by atoms with Crippen molar-refractivity contribution in [3.63, 3.8) is 0 Å². The van der Waals surface area contributed by atoms with Gasteiger partial charge in [-0.3, -0.25) is 0 Å². The Morgan fingerprint density at radius 2 is 2.29 bits per heavy atom. The minimum absolute atomic E-state index is 0.270. The molecule has 1 fully saturated rings. The predicted octanol–water partition coefficient (Wildman–Crippen LogP) is 3.70. The summed E-state index contributed by atoms with van der Waals surface area (Å²) in [7, 11) is 0. The molecule has 2 aromatic heterocycles. The Morgan fingerprint density at radius 3 is 3.04 bits per heavy atom. The number of hydrogen-bond donors (Lipinski definition) is 1. The molecule has 1 aliphatic heterocycles. The highest BCUT2D eigenvalue weighted by atomic mass is 35.5. The van der Waals surface area contributed by atoms with Crippen LogP contribution in [0.1, 0.15) is 27.2 Å². The van der Waals surface area contributed by atoms with Gasteiger partial charge in [-0.15, -0.1) is 11.3 Å². The molecule has 8 heteroatoms. The van der Waals surface area contributed by atoms with Crippen molar-refractivity contribution in [3.8, 4) is 0 Å². The Bertz CT molecular complexity index is 743.